The molecular weight excluding hydrogens is 869 g/mol. The van der Waals surface area contributed by atoms with Crippen LogP contribution in [0.15, 0.2) is 46.5 Å². The third-order valence-corrected chi connectivity index (χ3v) is 22.5. The molecule has 12 nitrogen and oxygen atoms in total. The summed E-state index contributed by atoms with van der Waals surface area (Å²) in [6.07, 6.45) is 17.4. The molecule has 9 rings (SSSR count). The zero-order valence-corrected chi connectivity index (χ0v) is 42.4. The molecule has 18 unspecified atom stereocenters. The van der Waals surface area contributed by atoms with Crippen LogP contribution in [-0.2, 0) is 4.79 Å². The van der Waals surface area contributed by atoms with Crippen molar-refractivity contribution >= 4 is 33.3 Å². The number of nitrogens with zero attached hydrogens (tertiary/aromatic N) is 3. The average molecular weight is 951 g/mol. The van der Waals surface area contributed by atoms with Gasteiger partial charge in [0.2, 0.25) is 0 Å². The van der Waals surface area contributed by atoms with Gasteiger partial charge in [0.1, 0.15) is 6.23 Å². The van der Waals surface area contributed by atoms with E-state index in [-0.39, 0.29) is 65.8 Å². The Bertz CT molecular complexity index is 2050. The van der Waals surface area contributed by atoms with Crippen LogP contribution in [0.2, 0.25) is 0 Å². The predicted molar refractivity (Wildman–Crippen MR) is 264 cm³/mol. The molecule has 1 saturated heterocycles. The molecule has 1 aliphatic heterocycles. The number of rotatable bonds is 6. The van der Waals surface area contributed by atoms with Crippen LogP contribution in [0.1, 0.15) is 131 Å². The summed E-state index contributed by atoms with van der Waals surface area (Å²) in [5.74, 6) is 0.984. The van der Waals surface area contributed by atoms with Crippen molar-refractivity contribution in [2.45, 2.75) is 161 Å². The van der Waals surface area contributed by atoms with Crippen LogP contribution in [0.25, 0.3) is 0 Å². The van der Waals surface area contributed by atoms with Crippen molar-refractivity contribution in [2.75, 3.05) is 31.6 Å². The normalized spacial score (nSPS) is 47.7. The van der Waals surface area contributed by atoms with Crippen LogP contribution in [-0.4, -0.2) is 109 Å². The van der Waals surface area contributed by atoms with Crippen LogP contribution in [0.3, 0.4) is 0 Å². The van der Waals surface area contributed by atoms with Crippen molar-refractivity contribution in [2.24, 2.45) is 85.6 Å². The summed E-state index contributed by atoms with van der Waals surface area (Å²) in [5.41, 5.74) is 7.48. The molecule has 2 heterocycles. The van der Waals surface area contributed by atoms with E-state index in [2.05, 4.69) is 61.0 Å². The van der Waals surface area contributed by atoms with Crippen molar-refractivity contribution in [1.29, 1.82) is 0 Å². The van der Waals surface area contributed by atoms with E-state index in [0.29, 0.717) is 42.9 Å². The number of aromatic nitrogens is 2. The second-order valence-electron chi connectivity index (χ2n) is 24.2. The topological polar surface area (TPSA) is 198 Å². The Morgan fingerprint density at radius 1 is 1.02 bits per heavy atom. The van der Waals surface area contributed by atoms with Gasteiger partial charge in [-0.2, -0.15) is 0 Å². The Kier molecular flexibility index (Phi) is 13.7. The Morgan fingerprint density at radius 2 is 1.79 bits per heavy atom. The van der Waals surface area contributed by atoms with Gasteiger partial charge in [-0.25, -0.2) is 4.98 Å². The minimum Gasteiger partial charge on any atom is -0.393 e. The van der Waals surface area contributed by atoms with Crippen LogP contribution in [0.5, 0.6) is 0 Å². The van der Waals surface area contributed by atoms with E-state index in [1.165, 1.54) is 44.1 Å². The first kappa shape index (κ1) is 49.1. The van der Waals surface area contributed by atoms with Crippen molar-refractivity contribution in [3.05, 3.63) is 41.5 Å². The quantitative estimate of drug-likeness (QED) is 0.0498. The molecule has 14 heteroatoms. The number of nitrogens with one attached hydrogen (secondary N) is 2. The number of nitrogens with two attached hydrogens (primary N) is 1. The molecule has 0 radical (unpaired) electrons. The number of hydrogen-bond donors (Lipinski definition) is 8. The minimum atomic E-state index is -1.39. The number of guanidine groups is 1. The molecule has 368 valence electrons. The van der Waals surface area contributed by atoms with Crippen molar-refractivity contribution in [3.8, 4) is 0 Å². The van der Waals surface area contributed by atoms with E-state index in [0.717, 1.165) is 36.5 Å². The van der Waals surface area contributed by atoms with Gasteiger partial charge in [-0.3, -0.25) is 9.79 Å². The molecule has 1 aromatic rings. The largest absolute Gasteiger partial charge is 0.393 e. The lowest BCUT2D eigenvalue weighted by molar-refractivity contribution is -0.182. The number of hydrogen-bond acceptors (Lipinski definition) is 11. The van der Waals surface area contributed by atoms with Gasteiger partial charge in [0.15, 0.2) is 11.7 Å². The van der Waals surface area contributed by atoms with Crippen LogP contribution in [0, 0.1) is 74.9 Å². The van der Waals surface area contributed by atoms with Crippen molar-refractivity contribution < 1.29 is 30.3 Å². The molecule has 1 spiro atoms. The van der Waals surface area contributed by atoms with Gasteiger partial charge < -0.3 is 46.5 Å². The fraction of sp³-hybridized carbons (Fsp3) is 0.827. The monoisotopic (exact) mass is 951 g/mol. The van der Waals surface area contributed by atoms with E-state index in [9.17, 15) is 30.3 Å². The molecule has 7 fully saturated rings. The number of allylic oxidation sites excluding steroid dienone is 2. The highest BCUT2D eigenvalue weighted by Crippen LogP contribution is 2.72. The van der Waals surface area contributed by atoms with E-state index >= 15 is 0 Å². The molecule has 9 N–H and O–H groups in total. The van der Waals surface area contributed by atoms with Crippen LogP contribution in [0.4, 0.5) is 0 Å². The summed E-state index contributed by atoms with van der Waals surface area (Å²) >= 11 is 0. The Labute approximate surface area is 402 Å². The summed E-state index contributed by atoms with van der Waals surface area (Å²) in [6.45, 7) is 13.7. The Balaban J connectivity index is 1.16. The van der Waals surface area contributed by atoms with Gasteiger partial charge >= 0.3 is 0 Å². The minimum absolute atomic E-state index is 0.0784. The summed E-state index contributed by atoms with van der Waals surface area (Å²) in [4.78, 5) is 24.3. The Hall–Kier alpha value is -1.91. The first-order valence-electron chi connectivity index (χ1n) is 25.6. The third-order valence-electron chi connectivity index (χ3n) is 20.0. The molecule has 0 aromatic carbocycles. The maximum absolute atomic E-state index is 15.0. The molecule has 6 saturated carbocycles. The van der Waals surface area contributed by atoms with Crippen LogP contribution < -0.4 is 16.4 Å². The number of carbonyl (C=O) groups is 1. The number of aliphatic hydroxyl groups excluding tert-OH is 4. The summed E-state index contributed by atoms with van der Waals surface area (Å²) in [7, 11) is 5.50. The molecule has 4 bridgehead atoms. The molecule has 18 atom stereocenters. The number of ketones is 1. The van der Waals surface area contributed by atoms with Gasteiger partial charge in [0.05, 0.1) is 30.2 Å². The summed E-state index contributed by atoms with van der Waals surface area (Å²) < 4.78 is 2.28. The standard InChI is InChI=1S/C52H82N6O6S2/c1-29-38-16-35(26-65-66-27-36(58-14-13-55-28-58)22-48(3,4)39(17-41(29)60)32-15-31-10-11-34-9-8-12-51(34,19-31)21-32)52(64)40-18-42(61)45-37(25-54-7)46(63)43(62)23-49(45,5)44(40)33(20-50(38,52)6)24-56-47(53)57-30(2)59/h13-14,18,28-31,33-38,41,43-46,54,59-60,62-64H,8-12,15-17,19-27H2,1-7H3,(H3,53,56,57). The molecule has 1 aromatic heterocycles. The highest BCUT2D eigenvalue weighted by Gasteiger charge is 2.73. The predicted octanol–water partition coefficient (Wildman–Crippen LogP) is 6.64. The summed E-state index contributed by atoms with van der Waals surface area (Å²) in [5, 5.41) is 66.6. The number of imidazole rings is 1. The fourth-order valence-corrected chi connectivity index (χ4v) is 20.1. The molecule has 7 aliphatic carbocycles. The van der Waals surface area contributed by atoms with Gasteiger partial charge in [-0.1, -0.05) is 73.8 Å². The number of aliphatic imine (C=N–C) groups is 1. The molecular formula is C52H82N6O6S2. The van der Waals surface area contributed by atoms with Gasteiger partial charge in [-0.15, -0.1) is 0 Å². The maximum Gasteiger partial charge on any atom is 0.190 e. The lowest BCUT2D eigenvalue weighted by Gasteiger charge is -2.64. The average Bonchev–Trinajstić information content (AvgIpc) is 3.98. The molecule has 8 aliphatic rings. The summed E-state index contributed by atoms with van der Waals surface area (Å²) in [6, 6.07) is 0.184. The number of carbonyl (C=O) groups excluding carboxylic acids is 1. The van der Waals surface area contributed by atoms with Gasteiger partial charge in [0.25, 0.3) is 0 Å². The fourth-order valence-electron chi connectivity index (χ4n) is 17.3. The zero-order chi connectivity index (χ0) is 47.1. The highest BCUT2D eigenvalue weighted by atomic mass is 33.1. The Morgan fingerprint density at radius 3 is 2.52 bits per heavy atom. The molecule has 66 heavy (non-hydrogen) atoms. The second kappa shape index (κ2) is 18.4. The lowest BCUT2D eigenvalue weighted by Crippen LogP contribution is -2.67. The zero-order valence-electron chi connectivity index (χ0n) is 40.8. The van der Waals surface area contributed by atoms with Gasteiger partial charge in [0, 0.05) is 66.2 Å². The maximum atomic E-state index is 15.0. The number of aliphatic hydroxyl groups is 5. The molecule has 0 amide bonds. The number of fused-ring (bicyclic) bond motifs is 10. The van der Waals surface area contributed by atoms with Gasteiger partial charge in [-0.05, 0) is 154 Å². The van der Waals surface area contributed by atoms with E-state index in [4.69, 9.17) is 10.7 Å². The first-order chi connectivity index (χ1) is 31.3. The van der Waals surface area contributed by atoms with Crippen molar-refractivity contribution in [3.63, 3.8) is 0 Å². The van der Waals surface area contributed by atoms with E-state index in [1.54, 1.807) is 18.6 Å². The second-order valence-corrected chi connectivity index (χ2v) is 26.7. The van der Waals surface area contributed by atoms with Crippen LogP contribution >= 0.6 is 21.6 Å². The van der Waals surface area contributed by atoms with E-state index < -0.39 is 52.8 Å². The SMILES string of the molecule is CNCC1C(O)C(O)CC2(C)C3C(=CC(=O)C12)C1(O)C2CSSCC(n4ccnc4)CC(C)(C)C(=C4CC5CCC6CCCC6(C4)C5)CC(O)C(C)C(C2)C1(C)CC3CN=C(N)NC(C)O. The first-order valence-corrected chi connectivity index (χ1v) is 28.1. The third kappa shape index (κ3) is 8.20. The smallest absolute Gasteiger partial charge is 0.190 e. The van der Waals surface area contributed by atoms with Crippen molar-refractivity contribution in [1.82, 2.24) is 20.2 Å². The lowest BCUT2D eigenvalue weighted by atomic mass is 9.41. The highest BCUT2D eigenvalue weighted by molar-refractivity contribution is 8.76. The van der Waals surface area contributed by atoms with E-state index in [1.807, 2.05) is 41.2 Å².